The smallest absolute Gasteiger partial charge is 0.326 e. The number of rotatable bonds is 21. The van der Waals surface area contributed by atoms with Gasteiger partial charge < -0.3 is 10.2 Å². The minimum atomic E-state index is -1.42. The van der Waals surface area contributed by atoms with Gasteiger partial charge in [-0.1, -0.05) is 96.8 Å². The number of unbranched alkanes of at least 4 members (excludes halogenated alkanes) is 14. The monoisotopic (exact) mass is 455 g/mol. The number of nitrogens with zero attached hydrogens (tertiary/aromatic N) is 1. The fourth-order valence-electron chi connectivity index (χ4n) is 3.96. The highest BCUT2D eigenvalue weighted by molar-refractivity contribution is 5.98. The molecule has 0 aromatic rings. The van der Waals surface area contributed by atoms with Gasteiger partial charge in [-0.15, -0.1) is 0 Å². The summed E-state index contributed by atoms with van der Waals surface area (Å²) in [5, 5.41) is 18.1. The molecular weight excluding hydrogens is 410 g/mol. The van der Waals surface area contributed by atoms with Crippen LogP contribution in [0.3, 0.4) is 0 Å². The molecule has 1 atom stereocenters. The van der Waals surface area contributed by atoms with Crippen LogP contribution in [0.25, 0.3) is 0 Å². The van der Waals surface area contributed by atoms with Crippen molar-refractivity contribution < 1.29 is 29.4 Å². The van der Waals surface area contributed by atoms with Crippen LogP contribution in [0.15, 0.2) is 0 Å². The maximum Gasteiger partial charge on any atom is 0.326 e. The summed E-state index contributed by atoms with van der Waals surface area (Å²) >= 11 is 0. The first-order valence-corrected chi connectivity index (χ1v) is 12.6. The first-order valence-electron chi connectivity index (χ1n) is 12.6. The molecule has 0 saturated heterocycles. The normalized spacial score (nSPS) is 11.8. The lowest BCUT2D eigenvalue weighted by Crippen LogP contribution is -2.48. The Hall–Kier alpha value is -1.92. The van der Waals surface area contributed by atoms with Crippen LogP contribution >= 0.6 is 0 Å². The molecule has 0 saturated carbocycles. The third kappa shape index (κ3) is 15.8. The summed E-state index contributed by atoms with van der Waals surface area (Å²) in [6, 6.07) is -1.42. The molecule has 0 aliphatic rings. The fraction of sp³-hybridized carbons (Fsp3) is 0.840. The van der Waals surface area contributed by atoms with Crippen molar-refractivity contribution in [2.24, 2.45) is 0 Å². The quantitative estimate of drug-likeness (QED) is 0.207. The Balaban J connectivity index is 3.90. The van der Waals surface area contributed by atoms with E-state index in [0.717, 1.165) is 31.1 Å². The van der Waals surface area contributed by atoms with E-state index in [9.17, 15) is 24.3 Å². The largest absolute Gasteiger partial charge is 0.481 e. The first-order chi connectivity index (χ1) is 15.3. The number of aliphatic carboxylic acids is 2. The SMILES string of the molecule is CCCCCCCCCCCCCCCCCC(=O)N(C(C)=O)[C@@H](CCC(=O)O)C(=O)O. The van der Waals surface area contributed by atoms with E-state index in [2.05, 4.69) is 6.92 Å². The minimum Gasteiger partial charge on any atom is -0.481 e. The van der Waals surface area contributed by atoms with Crippen LogP contribution in [-0.4, -0.2) is 44.9 Å². The zero-order valence-corrected chi connectivity index (χ0v) is 20.3. The van der Waals surface area contributed by atoms with E-state index in [1.54, 1.807) is 0 Å². The van der Waals surface area contributed by atoms with Crippen molar-refractivity contribution in [2.45, 2.75) is 135 Å². The highest BCUT2D eigenvalue weighted by Gasteiger charge is 2.32. The molecule has 0 rings (SSSR count). The number of carboxylic acids is 2. The van der Waals surface area contributed by atoms with E-state index >= 15 is 0 Å². The molecule has 0 fully saturated rings. The molecule has 32 heavy (non-hydrogen) atoms. The van der Waals surface area contributed by atoms with Gasteiger partial charge in [-0.05, 0) is 12.8 Å². The highest BCUT2D eigenvalue weighted by Crippen LogP contribution is 2.16. The van der Waals surface area contributed by atoms with Crippen molar-refractivity contribution in [3.63, 3.8) is 0 Å². The summed E-state index contributed by atoms with van der Waals surface area (Å²) in [7, 11) is 0. The van der Waals surface area contributed by atoms with Gasteiger partial charge in [0.2, 0.25) is 11.8 Å². The molecule has 2 amide bonds. The van der Waals surface area contributed by atoms with Crippen LogP contribution in [0, 0.1) is 0 Å². The lowest BCUT2D eigenvalue weighted by molar-refractivity contribution is -0.158. The van der Waals surface area contributed by atoms with Crippen molar-refractivity contribution in [3.8, 4) is 0 Å². The van der Waals surface area contributed by atoms with Crippen LogP contribution < -0.4 is 0 Å². The molecule has 7 nitrogen and oxygen atoms in total. The van der Waals surface area contributed by atoms with E-state index in [-0.39, 0.29) is 12.8 Å². The van der Waals surface area contributed by atoms with Gasteiger partial charge in [0.05, 0.1) is 0 Å². The number of amides is 2. The maximum atomic E-state index is 12.4. The Bertz CT molecular complexity index is 549. The van der Waals surface area contributed by atoms with Crippen molar-refractivity contribution >= 4 is 23.8 Å². The lowest BCUT2D eigenvalue weighted by atomic mass is 10.0. The van der Waals surface area contributed by atoms with Gasteiger partial charge in [0.1, 0.15) is 6.04 Å². The second kappa shape index (κ2) is 19.7. The van der Waals surface area contributed by atoms with Gasteiger partial charge in [-0.25, -0.2) is 4.79 Å². The van der Waals surface area contributed by atoms with Gasteiger partial charge in [0.15, 0.2) is 0 Å². The third-order valence-electron chi connectivity index (χ3n) is 5.83. The second-order valence-electron chi connectivity index (χ2n) is 8.77. The standard InChI is InChI=1S/C25H45NO6/c1-3-4-5-6-7-8-9-10-11-12-13-14-15-16-17-18-23(28)26(21(2)27)22(25(31)32)19-20-24(29)30/h22H,3-20H2,1-2H3,(H,29,30)(H,31,32)/t22-/m0/s1. The number of carbonyl (C=O) groups is 4. The topological polar surface area (TPSA) is 112 Å². The van der Waals surface area contributed by atoms with E-state index < -0.39 is 36.2 Å². The van der Waals surface area contributed by atoms with E-state index in [4.69, 9.17) is 5.11 Å². The first kappa shape index (κ1) is 30.1. The van der Waals surface area contributed by atoms with E-state index in [0.29, 0.717) is 6.42 Å². The number of hydrogen-bond donors (Lipinski definition) is 2. The number of carboxylic acid groups (broad SMARTS) is 2. The maximum absolute atomic E-state index is 12.4. The molecule has 0 aliphatic heterocycles. The highest BCUT2D eigenvalue weighted by atomic mass is 16.4. The zero-order valence-electron chi connectivity index (χ0n) is 20.3. The minimum absolute atomic E-state index is 0.106. The summed E-state index contributed by atoms with van der Waals surface area (Å²) in [5.41, 5.74) is 0. The van der Waals surface area contributed by atoms with Gasteiger partial charge in [-0.3, -0.25) is 19.3 Å². The molecule has 0 aromatic heterocycles. The van der Waals surface area contributed by atoms with Crippen LogP contribution in [0.4, 0.5) is 0 Å². The Morgan fingerprint density at radius 1 is 0.656 bits per heavy atom. The molecule has 0 radical (unpaired) electrons. The summed E-state index contributed by atoms with van der Waals surface area (Å²) in [6.07, 6.45) is 17.5. The number of hydrogen-bond acceptors (Lipinski definition) is 4. The molecule has 0 unspecified atom stereocenters. The van der Waals surface area contributed by atoms with Crippen molar-refractivity contribution in [3.05, 3.63) is 0 Å². The summed E-state index contributed by atoms with van der Waals surface area (Å²) in [6.45, 7) is 3.38. The average Bonchev–Trinajstić information content (AvgIpc) is 2.72. The molecule has 0 spiro atoms. The van der Waals surface area contributed by atoms with Crippen molar-refractivity contribution in [1.29, 1.82) is 0 Å². The Morgan fingerprint density at radius 3 is 1.41 bits per heavy atom. The van der Waals surface area contributed by atoms with Gasteiger partial charge >= 0.3 is 11.9 Å². The van der Waals surface area contributed by atoms with Gasteiger partial charge in [-0.2, -0.15) is 0 Å². The average molecular weight is 456 g/mol. The molecule has 2 N–H and O–H groups in total. The molecule has 7 heteroatoms. The van der Waals surface area contributed by atoms with Crippen LogP contribution in [0.2, 0.25) is 0 Å². The van der Waals surface area contributed by atoms with E-state index in [1.807, 2.05) is 0 Å². The molecule has 0 aliphatic carbocycles. The molecule has 186 valence electrons. The number of imide groups is 1. The van der Waals surface area contributed by atoms with Crippen LogP contribution in [0.5, 0.6) is 0 Å². The lowest BCUT2D eigenvalue weighted by Gasteiger charge is -2.25. The third-order valence-corrected chi connectivity index (χ3v) is 5.83. The van der Waals surface area contributed by atoms with Crippen molar-refractivity contribution in [2.75, 3.05) is 0 Å². The predicted molar refractivity (Wildman–Crippen MR) is 125 cm³/mol. The molecule has 0 bridgehead atoms. The van der Waals surface area contributed by atoms with Gasteiger partial charge in [0, 0.05) is 19.8 Å². The summed E-state index contributed by atoms with van der Waals surface area (Å²) in [5.74, 6) is -3.71. The van der Waals surface area contributed by atoms with Gasteiger partial charge in [0.25, 0.3) is 0 Å². The molecular formula is C25H45NO6. The summed E-state index contributed by atoms with van der Waals surface area (Å²) in [4.78, 5) is 47.1. The summed E-state index contributed by atoms with van der Waals surface area (Å²) < 4.78 is 0. The Morgan fingerprint density at radius 2 is 1.06 bits per heavy atom. The molecule has 0 heterocycles. The second-order valence-corrected chi connectivity index (χ2v) is 8.77. The molecule has 0 aromatic carbocycles. The van der Waals surface area contributed by atoms with Crippen LogP contribution in [-0.2, 0) is 19.2 Å². The fourth-order valence-corrected chi connectivity index (χ4v) is 3.96. The van der Waals surface area contributed by atoms with E-state index in [1.165, 1.54) is 70.6 Å². The predicted octanol–water partition coefficient (Wildman–Crippen LogP) is 5.94. The number of carbonyl (C=O) groups excluding carboxylic acids is 2. The Labute approximate surface area is 193 Å². The van der Waals surface area contributed by atoms with Crippen molar-refractivity contribution in [1.82, 2.24) is 4.90 Å². The zero-order chi connectivity index (χ0) is 24.2. The van der Waals surface area contributed by atoms with Crippen LogP contribution in [0.1, 0.15) is 129 Å². The Kier molecular flexibility index (Phi) is 18.6.